The van der Waals surface area contributed by atoms with Crippen molar-refractivity contribution in [2.45, 2.75) is 39.7 Å². The highest BCUT2D eigenvalue weighted by molar-refractivity contribution is 5.99. The molecule has 1 aliphatic heterocycles. The molecule has 24 heavy (non-hydrogen) atoms. The summed E-state index contributed by atoms with van der Waals surface area (Å²) in [5.41, 5.74) is 5.23. The molecular weight excluding hydrogens is 300 g/mol. The number of carbonyl (C=O) groups is 1. The molecule has 1 saturated heterocycles. The minimum absolute atomic E-state index is 0.0518. The largest absolute Gasteiger partial charge is 0.358 e. The number of aryl methyl sites for hydroxylation is 3. The van der Waals surface area contributed by atoms with E-state index in [1.54, 1.807) is 0 Å². The van der Waals surface area contributed by atoms with Crippen molar-refractivity contribution < 1.29 is 4.79 Å². The number of amides is 1. The maximum atomic E-state index is 13.1. The first-order chi connectivity index (χ1) is 11.5. The van der Waals surface area contributed by atoms with E-state index in [4.69, 9.17) is 0 Å². The Hall–Kier alpha value is -2.56. The minimum Gasteiger partial charge on any atom is -0.358 e. The third kappa shape index (κ3) is 2.31. The van der Waals surface area contributed by atoms with Gasteiger partial charge >= 0.3 is 0 Å². The van der Waals surface area contributed by atoms with E-state index in [1.165, 1.54) is 5.56 Å². The van der Waals surface area contributed by atoms with E-state index in [-0.39, 0.29) is 11.9 Å². The van der Waals surface area contributed by atoms with Crippen LogP contribution < -0.4 is 0 Å². The maximum absolute atomic E-state index is 13.1. The second-order valence-corrected chi connectivity index (χ2v) is 6.74. The number of aromatic nitrogens is 3. The summed E-state index contributed by atoms with van der Waals surface area (Å²) in [5, 5.41) is 1.13. The molecule has 0 saturated carbocycles. The number of rotatable bonds is 2. The van der Waals surface area contributed by atoms with Crippen LogP contribution in [0.15, 0.2) is 24.4 Å². The molecule has 0 radical (unpaired) electrons. The molecule has 124 valence electrons. The fourth-order valence-corrected chi connectivity index (χ4v) is 3.66. The van der Waals surface area contributed by atoms with Crippen molar-refractivity contribution in [3.05, 3.63) is 52.7 Å². The van der Waals surface area contributed by atoms with Gasteiger partial charge in [0.2, 0.25) is 0 Å². The van der Waals surface area contributed by atoms with Gasteiger partial charge in [-0.3, -0.25) is 4.79 Å². The highest BCUT2D eigenvalue weighted by Gasteiger charge is 2.32. The molecule has 3 heterocycles. The van der Waals surface area contributed by atoms with Crippen LogP contribution in [0.25, 0.3) is 10.9 Å². The summed E-state index contributed by atoms with van der Waals surface area (Å²) in [6.07, 6.45) is 3.80. The highest BCUT2D eigenvalue weighted by Crippen LogP contribution is 2.32. The van der Waals surface area contributed by atoms with Crippen LogP contribution in [-0.4, -0.2) is 32.3 Å². The van der Waals surface area contributed by atoms with Crippen LogP contribution in [0.1, 0.15) is 52.0 Å². The monoisotopic (exact) mass is 322 g/mol. The number of hydrogen-bond donors (Lipinski definition) is 2. The molecule has 1 fully saturated rings. The lowest BCUT2D eigenvalue weighted by atomic mass is 10.1. The number of likely N-dealkylation sites (tertiary alicyclic amines) is 1. The van der Waals surface area contributed by atoms with Gasteiger partial charge in [0.05, 0.1) is 6.04 Å². The van der Waals surface area contributed by atoms with Gasteiger partial charge in [0.15, 0.2) is 0 Å². The number of carbonyl (C=O) groups excluding carboxylic acids is 1. The summed E-state index contributed by atoms with van der Waals surface area (Å²) < 4.78 is 0. The Balaban J connectivity index is 1.68. The molecule has 2 N–H and O–H groups in total. The summed E-state index contributed by atoms with van der Waals surface area (Å²) in [6, 6.07) is 5.99. The maximum Gasteiger partial charge on any atom is 0.254 e. The van der Waals surface area contributed by atoms with Gasteiger partial charge in [0.25, 0.3) is 5.91 Å². The van der Waals surface area contributed by atoms with E-state index >= 15 is 0 Å². The highest BCUT2D eigenvalue weighted by atomic mass is 16.2. The summed E-state index contributed by atoms with van der Waals surface area (Å²) >= 11 is 0. The summed E-state index contributed by atoms with van der Waals surface area (Å²) in [7, 11) is 0. The first kappa shape index (κ1) is 15.0. The van der Waals surface area contributed by atoms with E-state index in [2.05, 4.69) is 28.8 Å². The van der Waals surface area contributed by atoms with E-state index in [1.807, 2.05) is 36.2 Å². The quantitative estimate of drug-likeness (QED) is 0.754. The van der Waals surface area contributed by atoms with Gasteiger partial charge in [-0.1, -0.05) is 0 Å². The molecule has 2 aromatic heterocycles. The Morgan fingerprint density at radius 1 is 1.25 bits per heavy atom. The van der Waals surface area contributed by atoms with Crippen LogP contribution in [0.5, 0.6) is 0 Å². The topological polar surface area (TPSA) is 64.8 Å². The number of nitrogens with zero attached hydrogens (tertiary/aromatic N) is 2. The fourth-order valence-electron chi connectivity index (χ4n) is 3.66. The van der Waals surface area contributed by atoms with Gasteiger partial charge < -0.3 is 14.9 Å². The lowest BCUT2D eigenvalue weighted by Gasteiger charge is -2.23. The van der Waals surface area contributed by atoms with Crippen LogP contribution in [0.3, 0.4) is 0 Å². The van der Waals surface area contributed by atoms with Crippen LogP contribution in [-0.2, 0) is 0 Å². The zero-order valence-corrected chi connectivity index (χ0v) is 14.3. The first-order valence-corrected chi connectivity index (χ1v) is 8.46. The average molecular weight is 322 g/mol. The molecule has 0 spiro atoms. The van der Waals surface area contributed by atoms with Gasteiger partial charge in [-0.25, -0.2) is 4.98 Å². The van der Waals surface area contributed by atoms with Crippen molar-refractivity contribution >= 4 is 16.8 Å². The van der Waals surface area contributed by atoms with E-state index in [9.17, 15) is 4.79 Å². The third-order valence-electron chi connectivity index (χ3n) is 5.11. The van der Waals surface area contributed by atoms with Crippen molar-refractivity contribution in [2.24, 2.45) is 0 Å². The van der Waals surface area contributed by atoms with Gasteiger partial charge in [-0.15, -0.1) is 0 Å². The molecule has 4 rings (SSSR count). The average Bonchev–Trinajstić information content (AvgIpc) is 3.27. The smallest absolute Gasteiger partial charge is 0.254 e. The Kier molecular flexibility index (Phi) is 3.44. The molecular formula is C19H22N4O. The van der Waals surface area contributed by atoms with Gasteiger partial charge in [0.1, 0.15) is 5.82 Å². The number of benzene rings is 1. The van der Waals surface area contributed by atoms with E-state index in [0.717, 1.165) is 53.1 Å². The van der Waals surface area contributed by atoms with Crippen molar-refractivity contribution in [3.63, 3.8) is 0 Å². The van der Waals surface area contributed by atoms with Crippen LogP contribution in [0, 0.1) is 20.8 Å². The van der Waals surface area contributed by atoms with Crippen molar-refractivity contribution in [1.29, 1.82) is 0 Å². The van der Waals surface area contributed by atoms with Gasteiger partial charge in [0, 0.05) is 40.6 Å². The SMILES string of the molecule is Cc1cnc(C2CCCN2C(=O)c2ccc3[nH]c(C)c(C)c3c2)[nH]1. The van der Waals surface area contributed by atoms with E-state index < -0.39 is 0 Å². The zero-order valence-electron chi connectivity index (χ0n) is 14.3. The Labute approximate surface area is 141 Å². The third-order valence-corrected chi connectivity index (χ3v) is 5.11. The van der Waals surface area contributed by atoms with Crippen molar-refractivity contribution in [3.8, 4) is 0 Å². The second-order valence-electron chi connectivity index (χ2n) is 6.74. The number of hydrogen-bond acceptors (Lipinski definition) is 2. The number of aromatic amines is 2. The molecule has 3 aromatic rings. The molecule has 0 aliphatic carbocycles. The Bertz CT molecular complexity index is 921. The Morgan fingerprint density at radius 2 is 2.08 bits per heavy atom. The zero-order chi connectivity index (χ0) is 16.8. The van der Waals surface area contributed by atoms with E-state index in [0.29, 0.717) is 0 Å². The lowest BCUT2D eigenvalue weighted by Crippen LogP contribution is -2.31. The normalized spacial score (nSPS) is 17.8. The first-order valence-electron chi connectivity index (χ1n) is 8.46. The molecule has 1 aromatic carbocycles. The molecule has 1 atom stereocenters. The molecule has 1 unspecified atom stereocenters. The predicted molar refractivity (Wildman–Crippen MR) is 94.1 cm³/mol. The molecule has 5 heteroatoms. The second kappa shape index (κ2) is 5.51. The number of H-pyrrole nitrogens is 2. The summed E-state index contributed by atoms with van der Waals surface area (Å²) in [5.74, 6) is 0.986. The molecule has 1 aliphatic rings. The number of imidazole rings is 1. The lowest BCUT2D eigenvalue weighted by molar-refractivity contribution is 0.0730. The summed E-state index contributed by atoms with van der Waals surface area (Å²) in [6.45, 7) is 6.92. The van der Waals surface area contributed by atoms with Crippen molar-refractivity contribution in [1.82, 2.24) is 19.9 Å². The van der Waals surface area contributed by atoms with Crippen LogP contribution in [0.4, 0.5) is 0 Å². The van der Waals surface area contributed by atoms with Crippen molar-refractivity contribution in [2.75, 3.05) is 6.54 Å². The fraction of sp³-hybridized carbons (Fsp3) is 0.368. The van der Waals surface area contributed by atoms with Crippen LogP contribution in [0.2, 0.25) is 0 Å². The standard InChI is InChI=1S/C19H22N4O/c1-11-10-20-18(21-11)17-5-4-8-23(17)19(24)14-6-7-16-15(9-14)12(2)13(3)22-16/h6-7,9-10,17,22H,4-5,8H2,1-3H3,(H,20,21). The molecule has 0 bridgehead atoms. The van der Waals surface area contributed by atoms with Crippen LogP contribution >= 0.6 is 0 Å². The number of fused-ring (bicyclic) bond motifs is 1. The van der Waals surface area contributed by atoms with Gasteiger partial charge in [-0.2, -0.15) is 0 Å². The Morgan fingerprint density at radius 3 is 2.83 bits per heavy atom. The minimum atomic E-state index is 0.0518. The molecule has 5 nitrogen and oxygen atoms in total. The number of nitrogens with one attached hydrogen (secondary N) is 2. The molecule has 1 amide bonds. The summed E-state index contributed by atoms with van der Waals surface area (Å²) in [4.78, 5) is 26.1. The predicted octanol–water partition coefficient (Wildman–Crippen LogP) is 3.79. The van der Waals surface area contributed by atoms with Gasteiger partial charge in [-0.05, 0) is 57.4 Å².